The topological polar surface area (TPSA) is 47.0 Å². The molecule has 0 aliphatic heterocycles. The minimum atomic E-state index is -3.35. The zero-order valence-corrected chi connectivity index (χ0v) is 22.1. The van der Waals surface area contributed by atoms with Gasteiger partial charge in [-0.3, -0.25) is 0 Å². The number of rotatable bonds is 13. The van der Waals surface area contributed by atoms with E-state index in [9.17, 15) is 8.42 Å². The zero-order valence-electron chi connectivity index (χ0n) is 17.6. The van der Waals surface area contributed by atoms with E-state index < -0.39 is 28.2 Å². The third kappa shape index (κ3) is 6.84. The van der Waals surface area contributed by atoms with Crippen molar-refractivity contribution in [2.75, 3.05) is 5.75 Å². The molecule has 0 N–H and O–H groups in total. The maximum atomic E-state index is 12.8. The number of hydrogen-bond donors (Lipinski definition) is 0. The molecule has 0 radical (unpaired) electrons. The Labute approximate surface area is 179 Å². The fourth-order valence-corrected chi connectivity index (χ4v) is 21.0. The number of para-hydroxylation sites is 1. The van der Waals surface area contributed by atoms with Crippen LogP contribution in [0.15, 0.2) is 38.8 Å². The van der Waals surface area contributed by atoms with Crippen LogP contribution < -0.4 is 0 Å². The Kier molecular flexibility index (Phi) is 9.97. The number of unbranched alkanes of at least 4 members (excludes halogenated alkanes) is 3. The third-order valence-electron chi connectivity index (χ3n) is 5.41. The monoisotopic (exact) mass is 529 g/mol. The van der Waals surface area contributed by atoms with Crippen LogP contribution in [0.4, 0.5) is 0 Å². The molecule has 0 unspecified atom stereocenters. The number of aromatic nitrogens is 1. The first-order valence-electron chi connectivity index (χ1n) is 10.7. The van der Waals surface area contributed by atoms with E-state index in [4.69, 9.17) is 0 Å². The molecule has 1 aromatic heterocycles. The fourth-order valence-electron chi connectivity index (χ4n) is 3.69. The van der Waals surface area contributed by atoms with Gasteiger partial charge in [-0.05, 0) is 0 Å². The number of thiazole rings is 1. The Morgan fingerprint density at radius 1 is 0.964 bits per heavy atom. The molecule has 2 aromatic rings. The molecule has 0 aliphatic carbocycles. The Balaban J connectivity index is 2.18. The van der Waals surface area contributed by atoms with Gasteiger partial charge in [0.15, 0.2) is 0 Å². The van der Waals surface area contributed by atoms with Crippen molar-refractivity contribution in [1.29, 1.82) is 0 Å². The van der Waals surface area contributed by atoms with E-state index in [0.717, 1.165) is 10.2 Å². The summed E-state index contributed by atoms with van der Waals surface area (Å²) in [6.45, 7) is 6.78. The summed E-state index contributed by atoms with van der Waals surface area (Å²) in [5, 5.41) is 0. The van der Waals surface area contributed by atoms with Crippen LogP contribution in [0.2, 0.25) is 13.3 Å². The van der Waals surface area contributed by atoms with Crippen LogP contribution in [0.5, 0.6) is 0 Å². The molecule has 0 spiro atoms. The second kappa shape index (κ2) is 11.7. The first-order valence-corrected chi connectivity index (χ1v) is 20.9. The number of nitrogens with zero attached hydrogens (tertiary/aromatic N) is 1. The molecule has 156 valence electrons. The van der Waals surface area contributed by atoms with Crippen LogP contribution in [-0.2, 0) is 9.84 Å². The Morgan fingerprint density at radius 2 is 1.54 bits per heavy atom. The molecule has 0 atom stereocenters. The molecular formula is C22H35NO2S2Sn. The molecule has 3 nitrogen and oxygen atoms in total. The quantitative estimate of drug-likeness (QED) is 0.263. The summed E-state index contributed by atoms with van der Waals surface area (Å²) in [6, 6.07) is 7.64. The van der Waals surface area contributed by atoms with E-state index in [1.807, 2.05) is 30.3 Å². The summed E-state index contributed by atoms with van der Waals surface area (Å²) >= 11 is -1.13. The van der Waals surface area contributed by atoms with Gasteiger partial charge >= 0.3 is 180 Å². The first-order chi connectivity index (χ1) is 13.5. The second-order valence-corrected chi connectivity index (χ2v) is 24.1. The van der Waals surface area contributed by atoms with Gasteiger partial charge in [0.05, 0.1) is 0 Å². The van der Waals surface area contributed by atoms with E-state index in [1.165, 1.54) is 63.2 Å². The molecule has 0 saturated heterocycles. The van der Waals surface area contributed by atoms with Crippen LogP contribution in [0.3, 0.4) is 0 Å². The average Bonchev–Trinajstić information content (AvgIpc) is 3.14. The van der Waals surface area contributed by atoms with E-state index in [-0.39, 0.29) is 10.1 Å². The summed E-state index contributed by atoms with van der Waals surface area (Å²) in [7, 11) is -3.35. The third-order valence-corrected chi connectivity index (χ3v) is 22.8. The summed E-state index contributed by atoms with van der Waals surface area (Å²) in [5.74, 6) is 0.0931. The molecule has 0 saturated carbocycles. The number of benzene rings is 1. The van der Waals surface area contributed by atoms with Crippen LogP contribution in [0, 0.1) is 0 Å². The average molecular weight is 528 g/mol. The van der Waals surface area contributed by atoms with E-state index >= 15 is 0 Å². The van der Waals surface area contributed by atoms with Crippen LogP contribution in [0.1, 0.15) is 59.3 Å². The predicted octanol–water partition coefficient (Wildman–Crippen LogP) is 7.01. The van der Waals surface area contributed by atoms with Crippen molar-refractivity contribution in [3.05, 3.63) is 34.4 Å². The van der Waals surface area contributed by atoms with E-state index in [1.54, 1.807) is 0 Å². The van der Waals surface area contributed by atoms with Gasteiger partial charge in [0.1, 0.15) is 0 Å². The van der Waals surface area contributed by atoms with Gasteiger partial charge in [-0.1, -0.05) is 0 Å². The molecule has 1 aromatic carbocycles. The van der Waals surface area contributed by atoms with Gasteiger partial charge in [0, 0.05) is 0 Å². The molecule has 0 bridgehead atoms. The van der Waals surface area contributed by atoms with Gasteiger partial charge in [-0.25, -0.2) is 0 Å². The Hall–Kier alpha value is -0.401. The van der Waals surface area contributed by atoms with Crippen molar-refractivity contribution >= 4 is 49.8 Å². The van der Waals surface area contributed by atoms with Gasteiger partial charge in [0.25, 0.3) is 0 Å². The van der Waals surface area contributed by atoms with Crippen LogP contribution in [0.25, 0.3) is 10.2 Å². The standard InChI is InChI=1S/C10H8NO2S2.3C4H9.Sn/c1-2-7-15(12,13)10-11-8-5-3-4-6-9(8)14-10;3*1-3-4-2;/h1-6H,7H2;3*1,3-4H2,2H3;. The molecule has 0 aliphatic rings. The second-order valence-electron chi connectivity index (χ2n) is 7.80. The number of sulfone groups is 1. The molecule has 6 heteroatoms. The van der Waals surface area contributed by atoms with Crippen molar-refractivity contribution < 1.29 is 8.42 Å². The molecule has 2 rings (SSSR count). The predicted molar refractivity (Wildman–Crippen MR) is 126 cm³/mol. The summed E-state index contributed by atoms with van der Waals surface area (Å²) in [6.07, 6.45) is 9.56. The number of hydrogen-bond acceptors (Lipinski definition) is 4. The molecule has 0 fully saturated rings. The molecule has 0 amide bonds. The molecule has 1 heterocycles. The number of fused-ring (bicyclic) bond motifs is 1. The van der Waals surface area contributed by atoms with E-state index in [2.05, 4.69) is 29.8 Å². The van der Waals surface area contributed by atoms with Gasteiger partial charge in [-0.2, -0.15) is 0 Å². The van der Waals surface area contributed by atoms with E-state index in [0.29, 0.717) is 0 Å². The molecule has 28 heavy (non-hydrogen) atoms. The summed E-state index contributed by atoms with van der Waals surface area (Å²) in [4.78, 5) is 4.36. The Bertz CT molecular complexity index is 804. The minimum absolute atomic E-state index is 0.0931. The summed E-state index contributed by atoms with van der Waals surface area (Å²) in [5.41, 5.74) is 0.775. The van der Waals surface area contributed by atoms with Gasteiger partial charge < -0.3 is 0 Å². The zero-order chi connectivity index (χ0) is 20.5. The maximum absolute atomic E-state index is 12.8. The summed E-state index contributed by atoms with van der Waals surface area (Å²) < 4.78 is 33.4. The van der Waals surface area contributed by atoms with Crippen LogP contribution in [-0.4, -0.2) is 37.5 Å². The van der Waals surface area contributed by atoms with Crippen molar-refractivity contribution in [2.45, 2.75) is 76.9 Å². The van der Waals surface area contributed by atoms with Gasteiger partial charge in [-0.15, -0.1) is 0 Å². The van der Waals surface area contributed by atoms with Crippen LogP contribution >= 0.6 is 11.3 Å². The normalized spacial score (nSPS) is 13.0. The Morgan fingerprint density at radius 3 is 2.07 bits per heavy atom. The van der Waals surface area contributed by atoms with Crippen molar-refractivity contribution in [3.63, 3.8) is 0 Å². The van der Waals surface area contributed by atoms with Crippen molar-refractivity contribution in [3.8, 4) is 0 Å². The van der Waals surface area contributed by atoms with Crippen molar-refractivity contribution in [1.82, 2.24) is 4.98 Å². The van der Waals surface area contributed by atoms with Gasteiger partial charge in [0.2, 0.25) is 0 Å². The SMILES string of the molecule is CCC[CH2][Sn](/[CH]=C/CS(=O)(=O)c1nc2ccccc2s1)([CH2]CCC)[CH2]CCC. The molecular weight excluding hydrogens is 493 g/mol. The van der Waals surface area contributed by atoms with Crippen molar-refractivity contribution in [2.24, 2.45) is 0 Å². The first kappa shape index (κ1) is 23.9. The fraction of sp³-hybridized carbons (Fsp3) is 0.591.